The number of ketones is 1. The second-order valence-electron chi connectivity index (χ2n) is 8.46. The first kappa shape index (κ1) is 23.3. The zero-order valence-electron chi connectivity index (χ0n) is 19.5. The number of thioether (sulfide) groups is 1. The molecule has 6 rings (SSSR count). The Morgan fingerprint density at radius 2 is 1.92 bits per heavy atom. The summed E-state index contributed by atoms with van der Waals surface area (Å²) in [5.41, 5.74) is 2.71. The average Bonchev–Trinajstić information content (AvgIpc) is 3.70. The number of rotatable bonds is 7. The number of anilines is 1. The van der Waals surface area contributed by atoms with E-state index in [2.05, 4.69) is 22.3 Å². The first-order valence-corrected chi connectivity index (χ1v) is 13.1. The molecule has 5 aromatic rings. The van der Waals surface area contributed by atoms with Crippen LogP contribution in [0.5, 0.6) is 0 Å². The summed E-state index contributed by atoms with van der Waals surface area (Å²) in [6.07, 6.45) is 1.44. The zero-order chi connectivity index (χ0) is 25.5. The van der Waals surface area contributed by atoms with Gasteiger partial charge in [0.25, 0.3) is 5.91 Å². The van der Waals surface area contributed by atoms with Crippen molar-refractivity contribution < 1.29 is 23.5 Å². The van der Waals surface area contributed by atoms with E-state index in [1.807, 2.05) is 31.2 Å². The van der Waals surface area contributed by atoms with Crippen LogP contribution in [0, 0.1) is 6.92 Å². The lowest BCUT2D eigenvalue weighted by Gasteiger charge is -2.21. The van der Waals surface area contributed by atoms with Gasteiger partial charge >= 0.3 is 0 Å². The molecule has 0 spiro atoms. The standard InChI is InChI=1S/C27H19N3O5S2/c1-15-8-10-16(11-9-15)14-36-27-29-28-26(37-27)30-22(19-7-4-12-34-19)21(24(32)25(30)33)23(31)20-13-17-5-2-3-6-18(17)35-20/h2-13,22,32H,14H2,1H3. The van der Waals surface area contributed by atoms with Crippen LogP contribution in [0.3, 0.4) is 0 Å². The Kier molecular flexibility index (Phi) is 5.90. The van der Waals surface area contributed by atoms with Gasteiger partial charge in [0.05, 0.1) is 11.8 Å². The monoisotopic (exact) mass is 529 g/mol. The molecule has 2 aromatic carbocycles. The SMILES string of the molecule is Cc1ccc(CSc2nnc(N3C(=O)C(O)=C(C(=O)c4cc5ccccc5o4)C3c3ccco3)s2)cc1. The topological polar surface area (TPSA) is 110 Å². The molecule has 184 valence electrons. The summed E-state index contributed by atoms with van der Waals surface area (Å²) in [6, 6.07) is 19.3. The molecule has 0 fully saturated rings. The fraction of sp³-hybridized carbons (Fsp3) is 0.111. The molecule has 0 bridgehead atoms. The van der Waals surface area contributed by atoms with Gasteiger partial charge in [-0.3, -0.25) is 14.5 Å². The lowest BCUT2D eigenvalue weighted by Crippen LogP contribution is -2.30. The number of Topliss-reactive ketones (excluding diaryl/α,β-unsaturated/α-hetero) is 1. The number of fused-ring (bicyclic) bond motifs is 1. The summed E-state index contributed by atoms with van der Waals surface area (Å²) in [6.45, 7) is 2.03. The molecule has 3 aromatic heterocycles. The quantitative estimate of drug-likeness (QED) is 0.149. The number of para-hydroxylation sites is 1. The number of carbonyl (C=O) groups excluding carboxylic acids is 2. The third-order valence-electron chi connectivity index (χ3n) is 6.00. The molecule has 0 aliphatic carbocycles. The molecule has 1 unspecified atom stereocenters. The van der Waals surface area contributed by atoms with Gasteiger partial charge in [-0.05, 0) is 36.8 Å². The minimum absolute atomic E-state index is 0.0144. The van der Waals surface area contributed by atoms with E-state index in [1.165, 1.54) is 39.8 Å². The van der Waals surface area contributed by atoms with E-state index in [1.54, 1.807) is 30.3 Å². The summed E-state index contributed by atoms with van der Waals surface area (Å²) in [5.74, 6) is -1.03. The zero-order valence-corrected chi connectivity index (χ0v) is 21.1. The predicted molar refractivity (Wildman–Crippen MR) is 140 cm³/mol. The molecule has 4 heterocycles. The molecule has 1 aliphatic rings. The lowest BCUT2D eigenvalue weighted by molar-refractivity contribution is -0.117. The van der Waals surface area contributed by atoms with Crippen LogP contribution in [0.2, 0.25) is 0 Å². The summed E-state index contributed by atoms with van der Waals surface area (Å²) >= 11 is 2.70. The fourth-order valence-corrected chi connectivity index (χ4v) is 5.99. The maximum Gasteiger partial charge on any atom is 0.296 e. The third kappa shape index (κ3) is 4.24. The summed E-state index contributed by atoms with van der Waals surface area (Å²) < 4.78 is 12.0. The summed E-state index contributed by atoms with van der Waals surface area (Å²) in [4.78, 5) is 28.1. The number of amides is 1. The number of nitrogens with zero attached hydrogens (tertiary/aromatic N) is 3. The van der Waals surface area contributed by atoms with Gasteiger partial charge in [-0.1, -0.05) is 71.1 Å². The molecule has 1 aliphatic heterocycles. The normalized spacial score (nSPS) is 15.8. The Balaban J connectivity index is 1.32. The van der Waals surface area contributed by atoms with E-state index in [4.69, 9.17) is 8.83 Å². The van der Waals surface area contributed by atoms with Crippen LogP contribution in [-0.4, -0.2) is 27.0 Å². The predicted octanol–water partition coefficient (Wildman–Crippen LogP) is 6.26. The fourth-order valence-electron chi connectivity index (χ4n) is 4.16. The molecule has 8 nitrogen and oxygen atoms in total. The average molecular weight is 530 g/mol. The summed E-state index contributed by atoms with van der Waals surface area (Å²) in [7, 11) is 0. The Morgan fingerprint density at radius 1 is 1.11 bits per heavy atom. The maximum absolute atomic E-state index is 13.6. The molecular weight excluding hydrogens is 510 g/mol. The van der Waals surface area contributed by atoms with Crippen LogP contribution >= 0.6 is 23.1 Å². The molecule has 10 heteroatoms. The minimum Gasteiger partial charge on any atom is -0.503 e. The van der Waals surface area contributed by atoms with E-state index in [-0.39, 0.29) is 16.5 Å². The van der Waals surface area contributed by atoms with E-state index in [0.29, 0.717) is 21.4 Å². The molecule has 1 amide bonds. The molecular formula is C27H19N3O5S2. The molecule has 0 radical (unpaired) electrons. The number of hydrogen-bond acceptors (Lipinski definition) is 9. The third-order valence-corrected chi connectivity index (χ3v) is 8.13. The highest BCUT2D eigenvalue weighted by Crippen LogP contribution is 2.44. The number of benzene rings is 2. The molecule has 1 atom stereocenters. The van der Waals surface area contributed by atoms with Crippen molar-refractivity contribution in [2.45, 2.75) is 23.1 Å². The van der Waals surface area contributed by atoms with E-state index in [0.717, 1.165) is 10.9 Å². The molecule has 37 heavy (non-hydrogen) atoms. The number of aliphatic hydroxyl groups excluding tert-OH is 1. The number of furan rings is 2. The van der Waals surface area contributed by atoms with Gasteiger partial charge in [-0.15, -0.1) is 10.2 Å². The molecule has 1 N–H and O–H groups in total. The Hall–Kier alpha value is -4.15. The highest BCUT2D eigenvalue weighted by atomic mass is 32.2. The van der Waals surface area contributed by atoms with Crippen molar-refractivity contribution in [1.29, 1.82) is 0 Å². The van der Waals surface area contributed by atoms with Crippen molar-refractivity contribution in [2.24, 2.45) is 0 Å². The van der Waals surface area contributed by atoms with E-state index in [9.17, 15) is 14.7 Å². The smallest absolute Gasteiger partial charge is 0.296 e. The van der Waals surface area contributed by atoms with Crippen LogP contribution in [0.25, 0.3) is 11.0 Å². The van der Waals surface area contributed by atoms with Crippen LogP contribution in [0.1, 0.15) is 33.5 Å². The van der Waals surface area contributed by atoms with Gasteiger partial charge < -0.3 is 13.9 Å². The van der Waals surface area contributed by atoms with E-state index >= 15 is 0 Å². The Morgan fingerprint density at radius 3 is 2.68 bits per heavy atom. The number of carbonyl (C=O) groups is 2. The largest absolute Gasteiger partial charge is 0.503 e. The number of aliphatic hydroxyl groups is 1. The van der Waals surface area contributed by atoms with Crippen LogP contribution in [-0.2, 0) is 10.5 Å². The highest BCUT2D eigenvalue weighted by Gasteiger charge is 2.48. The molecule has 0 saturated heterocycles. The number of aryl methyl sites for hydroxylation is 1. The second-order valence-corrected chi connectivity index (χ2v) is 10.6. The van der Waals surface area contributed by atoms with Crippen LogP contribution < -0.4 is 4.90 Å². The van der Waals surface area contributed by atoms with Crippen molar-refractivity contribution in [3.05, 3.63) is 107 Å². The lowest BCUT2D eigenvalue weighted by atomic mass is 10.00. The Labute approximate surface area is 219 Å². The first-order valence-electron chi connectivity index (χ1n) is 11.3. The number of aromatic nitrogens is 2. The van der Waals surface area contributed by atoms with Crippen molar-refractivity contribution in [3.8, 4) is 0 Å². The number of hydrogen-bond donors (Lipinski definition) is 1. The summed E-state index contributed by atoms with van der Waals surface area (Å²) in [5, 5.41) is 20.3. The van der Waals surface area contributed by atoms with Gasteiger partial charge in [0.1, 0.15) is 17.4 Å². The van der Waals surface area contributed by atoms with Crippen molar-refractivity contribution in [3.63, 3.8) is 0 Å². The van der Waals surface area contributed by atoms with Crippen molar-refractivity contribution >= 4 is 50.9 Å². The van der Waals surface area contributed by atoms with Gasteiger partial charge in [-0.25, -0.2) is 0 Å². The second kappa shape index (κ2) is 9.38. The minimum atomic E-state index is -1.02. The van der Waals surface area contributed by atoms with Gasteiger partial charge in [0, 0.05) is 11.1 Å². The van der Waals surface area contributed by atoms with Crippen molar-refractivity contribution in [2.75, 3.05) is 4.90 Å². The van der Waals surface area contributed by atoms with Gasteiger partial charge in [-0.2, -0.15) is 0 Å². The van der Waals surface area contributed by atoms with Gasteiger partial charge in [0.15, 0.2) is 15.9 Å². The van der Waals surface area contributed by atoms with Crippen LogP contribution in [0.4, 0.5) is 5.13 Å². The highest BCUT2D eigenvalue weighted by molar-refractivity contribution is 8.00. The van der Waals surface area contributed by atoms with Crippen molar-refractivity contribution in [1.82, 2.24) is 10.2 Å². The van der Waals surface area contributed by atoms with E-state index < -0.39 is 23.5 Å². The maximum atomic E-state index is 13.6. The van der Waals surface area contributed by atoms with Crippen LogP contribution in [0.15, 0.2) is 97.5 Å². The Bertz CT molecular complexity index is 1620. The molecule has 0 saturated carbocycles. The van der Waals surface area contributed by atoms with Gasteiger partial charge in [0.2, 0.25) is 10.9 Å². The first-order chi connectivity index (χ1) is 18.0.